The summed E-state index contributed by atoms with van der Waals surface area (Å²) in [7, 11) is 5.58. The molecule has 0 aromatic heterocycles. The van der Waals surface area contributed by atoms with Crippen molar-refractivity contribution in [3.8, 4) is 0 Å². The highest BCUT2D eigenvalue weighted by molar-refractivity contribution is 5.97. The van der Waals surface area contributed by atoms with E-state index in [1.807, 2.05) is 19.0 Å². The fraction of sp³-hybridized carbons (Fsp3) is 0.385. The smallest absolute Gasteiger partial charge is 0.335 e. The van der Waals surface area contributed by atoms with E-state index < -0.39 is 5.97 Å². The molecule has 0 radical (unpaired) electrons. The summed E-state index contributed by atoms with van der Waals surface area (Å²) in [6.45, 7) is 1.37. The fourth-order valence-corrected chi connectivity index (χ4v) is 1.46. The van der Waals surface area contributed by atoms with Crippen LogP contribution < -0.4 is 0 Å². The van der Waals surface area contributed by atoms with Crippen LogP contribution in [0.1, 0.15) is 20.7 Å². The predicted octanol–water partition coefficient (Wildman–Crippen LogP) is 1.02. The molecular formula is C13H18N2O3. The first kappa shape index (κ1) is 14.2. The Labute approximate surface area is 107 Å². The van der Waals surface area contributed by atoms with Crippen LogP contribution in [0.5, 0.6) is 0 Å². The zero-order valence-electron chi connectivity index (χ0n) is 10.9. The summed E-state index contributed by atoms with van der Waals surface area (Å²) >= 11 is 0. The lowest BCUT2D eigenvalue weighted by atomic mass is 10.1. The molecule has 0 aliphatic heterocycles. The van der Waals surface area contributed by atoms with Gasteiger partial charge in [0, 0.05) is 25.7 Å². The average Bonchev–Trinajstić information content (AvgIpc) is 2.35. The SMILES string of the molecule is CN(C)CCN(C)C(=O)c1cccc(C(=O)O)c1. The standard InChI is InChI=1S/C13H18N2O3/c1-14(2)7-8-15(3)12(16)10-5-4-6-11(9-10)13(17)18/h4-6,9H,7-8H2,1-3H3,(H,17,18). The summed E-state index contributed by atoms with van der Waals surface area (Å²) < 4.78 is 0. The van der Waals surface area contributed by atoms with Gasteiger partial charge in [0.15, 0.2) is 0 Å². The van der Waals surface area contributed by atoms with Crippen molar-refractivity contribution in [3.63, 3.8) is 0 Å². The lowest BCUT2D eigenvalue weighted by Gasteiger charge is -2.19. The number of nitrogens with zero attached hydrogens (tertiary/aromatic N) is 2. The van der Waals surface area contributed by atoms with E-state index >= 15 is 0 Å². The molecule has 0 heterocycles. The van der Waals surface area contributed by atoms with Crippen LogP contribution in [0.3, 0.4) is 0 Å². The van der Waals surface area contributed by atoms with Gasteiger partial charge in [0.05, 0.1) is 5.56 Å². The minimum Gasteiger partial charge on any atom is -0.478 e. The van der Waals surface area contributed by atoms with E-state index in [1.54, 1.807) is 24.1 Å². The van der Waals surface area contributed by atoms with Gasteiger partial charge in [0.25, 0.3) is 5.91 Å². The molecule has 18 heavy (non-hydrogen) atoms. The van der Waals surface area contributed by atoms with E-state index in [1.165, 1.54) is 12.1 Å². The highest BCUT2D eigenvalue weighted by Crippen LogP contribution is 2.08. The predicted molar refractivity (Wildman–Crippen MR) is 68.9 cm³/mol. The number of rotatable bonds is 5. The Morgan fingerprint density at radius 1 is 1.11 bits per heavy atom. The van der Waals surface area contributed by atoms with Crippen molar-refractivity contribution in [3.05, 3.63) is 35.4 Å². The summed E-state index contributed by atoms with van der Waals surface area (Å²) in [5, 5.41) is 8.87. The lowest BCUT2D eigenvalue weighted by molar-refractivity contribution is 0.0697. The van der Waals surface area contributed by atoms with Crippen LogP contribution in [0.4, 0.5) is 0 Å². The molecule has 0 bridgehead atoms. The molecule has 0 saturated carbocycles. The van der Waals surface area contributed by atoms with Gasteiger partial charge < -0.3 is 14.9 Å². The summed E-state index contributed by atoms with van der Waals surface area (Å²) in [6, 6.07) is 6.08. The normalized spacial score (nSPS) is 10.4. The Bertz CT molecular complexity index is 444. The van der Waals surface area contributed by atoms with Crippen LogP contribution in [0.15, 0.2) is 24.3 Å². The Morgan fingerprint density at radius 2 is 1.72 bits per heavy atom. The molecule has 5 heteroatoms. The molecule has 1 aromatic rings. The van der Waals surface area contributed by atoms with E-state index in [4.69, 9.17) is 5.11 Å². The lowest BCUT2D eigenvalue weighted by Crippen LogP contribution is -2.33. The van der Waals surface area contributed by atoms with Crippen LogP contribution in [0.25, 0.3) is 0 Å². The summed E-state index contributed by atoms with van der Waals surface area (Å²) in [5.74, 6) is -1.19. The van der Waals surface area contributed by atoms with Crippen LogP contribution in [-0.2, 0) is 0 Å². The second-order valence-electron chi connectivity index (χ2n) is 4.42. The molecule has 1 rings (SSSR count). The summed E-state index contributed by atoms with van der Waals surface area (Å²) in [5.41, 5.74) is 0.526. The first-order valence-corrected chi connectivity index (χ1v) is 5.65. The Kier molecular flexibility index (Phi) is 4.85. The molecule has 0 atom stereocenters. The second-order valence-corrected chi connectivity index (χ2v) is 4.42. The van der Waals surface area contributed by atoms with Gasteiger partial charge in [-0.05, 0) is 32.3 Å². The first-order valence-electron chi connectivity index (χ1n) is 5.65. The third-order valence-corrected chi connectivity index (χ3v) is 2.59. The van der Waals surface area contributed by atoms with Crippen molar-refractivity contribution >= 4 is 11.9 Å². The van der Waals surface area contributed by atoms with E-state index in [0.717, 1.165) is 6.54 Å². The van der Waals surface area contributed by atoms with Gasteiger partial charge in [0.2, 0.25) is 0 Å². The van der Waals surface area contributed by atoms with Crippen LogP contribution in [0.2, 0.25) is 0 Å². The minimum atomic E-state index is -1.03. The summed E-state index contributed by atoms with van der Waals surface area (Å²) in [4.78, 5) is 26.4. The molecule has 98 valence electrons. The monoisotopic (exact) mass is 250 g/mol. The van der Waals surface area contributed by atoms with Crippen LogP contribution in [0, 0.1) is 0 Å². The molecule has 1 N–H and O–H groups in total. The van der Waals surface area contributed by atoms with E-state index in [0.29, 0.717) is 12.1 Å². The van der Waals surface area contributed by atoms with Gasteiger partial charge >= 0.3 is 5.97 Å². The number of carbonyl (C=O) groups excluding carboxylic acids is 1. The Hall–Kier alpha value is -1.88. The number of benzene rings is 1. The highest BCUT2D eigenvalue weighted by atomic mass is 16.4. The largest absolute Gasteiger partial charge is 0.478 e. The van der Waals surface area contributed by atoms with Crippen LogP contribution >= 0.6 is 0 Å². The molecule has 1 aromatic carbocycles. The Balaban J connectivity index is 2.77. The van der Waals surface area contributed by atoms with Crippen molar-refractivity contribution in [2.45, 2.75) is 0 Å². The fourth-order valence-electron chi connectivity index (χ4n) is 1.46. The first-order chi connectivity index (χ1) is 8.41. The molecule has 0 aliphatic rings. The van der Waals surface area contributed by atoms with Gasteiger partial charge in [-0.3, -0.25) is 4.79 Å². The van der Waals surface area contributed by atoms with Crippen molar-refractivity contribution in [1.29, 1.82) is 0 Å². The van der Waals surface area contributed by atoms with Gasteiger partial charge in [-0.25, -0.2) is 4.79 Å². The topological polar surface area (TPSA) is 60.9 Å². The number of aromatic carboxylic acids is 1. The van der Waals surface area contributed by atoms with E-state index in [-0.39, 0.29) is 11.5 Å². The maximum absolute atomic E-state index is 12.0. The zero-order valence-corrected chi connectivity index (χ0v) is 10.9. The van der Waals surface area contributed by atoms with Gasteiger partial charge in [-0.2, -0.15) is 0 Å². The molecule has 0 fully saturated rings. The molecule has 1 amide bonds. The van der Waals surface area contributed by atoms with Gasteiger partial charge in [-0.1, -0.05) is 6.07 Å². The van der Waals surface area contributed by atoms with Crippen molar-refractivity contribution in [1.82, 2.24) is 9.80 Å². The molecule has 0 unspecified atom stereocenters. The third-order valence-electron chi connectivity index (χ3n) is 2.59. The number of likely N-dealkylation sites (N-methyl/N-ethyl adjacent to an activating group) is 2. The molecule has 0 saturated heterocycles. The quantitative estimate of drug-likeness (QED) is 0.847. The maximum atomic E-state index is 12.0. The number of hydrogen-bond acceptors (Lipinski definition) is 3. The minimum absolute atomic E-state index is 0.127. The number of carboxylic acids is 1. The van der Waals surface area contributed by atoms with Gasteiger partial charge in [0.1, 0.15) is 0 Å². The average molecular weight is 250 g/mol. The number of carboxylic acid groups (broad SMARTS) is 1. The van der Waals surface area contributed by atoms with E-state index in [2.05, 4.69) is 0 Å². The number of amides is 1. The maximum Gasteiger partial charge on any atom is 0.335 e. The van der Waals surface area contributed by atoms with Crippen molar-refractivity contribution in [2.24, 2.45) is 0 Å². The third kappa shape index (κ3) is 3.85. The van der Waals surface area contributed by atoms with E-state index in [9.17, 15) is 9.59 Å². The molecule has 5 nitrogen and oxygen atoms in total. The van der Waals surface area contributed by atoms with Crippen molar-refractivity contribution in [2.75, 3.05) is 34.2 Å². The van der Waals surface area contributed by atoms with Crippen LogP contribution in [-0.4, -0.2) is 61.0 Å². The van der Waals surface area contributed by atoms with Gasteiger partial charge in [-0.15, -0.1) is 0 Å². The molecule has 0 aliphatic carbocycles. The number of hydrogen-bond donors (Lipinski definition) is 1. The molecular weight excluding hydrogens is 232 g/mol. The Morgan fingerprint density at radius 3 is 2.28 bits per heavy atom. The second kappa shape index (κ2) is 6.16. The number of carbonyl (C=O) groups is 2. The zero-order chi connectivity index (χ0) is 13.7. The molecule has 0 spiro atoms. The highest BCUT2D eigenvalue weighted by Gasteiger charge is 2.13. The summed E-state index contributed by atoms with van der Waals surface area (Å²) in [6.07, 6.45) is 0. The van der Waals surface area contributed by atoms with Crippen molar-refractivity contribution < 1.29 is 14.7 Å².